The van der Waals surface area contributed by atoms with E-state index in [9.17, 15) is 18.0 Å². The Kier molecular flexibility index (Phi) is 5.95. The summed E-state index contributed by atoms with van der Waals surface area (Å²) >= 11 is 1.83. The molecule has 0 N–H and O–H groups in total. The van der Waals surface area contributed by atoms with Gasteiger partial charge < -0.3 is 4.74 Å². The van der Waals surface area contributed by atoms with Crippen LogP contribution in [0.25, 0.3) is 0 Å². The molecule has 0 spiro atoms. The molecule has 1 fully saturated rings. The fourth-order valence-electron chi connectivity index (χ4n) is 2.47. The van der Waals surface area contributed by atoms with Crippen LogP contribution in [0.5, 0.6) is 0 Å². The quantitative estimate of drug-likeness (QED) is 0.396. The molecule has 0 aromatic carbocycles. The number of rotatable bonds is 4. The van der Waals surface area contributed by atoms with Gasteiger partial charge in [0.05, 0.1) is 0 Å². The van der Waals surface area contributed by atoms with E-state index in [1.165, 1.54) is 0 Å². The topological polar surface area (TPSA) is 26.3 Å². The molecular weight excluding hydrogens is 372 g/mol. The Morgan fingerprint density at radius 1 is 1.32 bits per heavy atom. The molecular formula is C13H20F3IO2. The van der Waals surface area contributed by atoms with E-state index >= 15 is 0 Å². The maximum absolute atomic E-state index is 13.3. The number of halogens is 4. The second-order valence-electron chi connectivity index (χ2n) is 5.24. The minimum absolute atomic E-state index is 0.470. The standard InChI is InChI=1S/C13H20F3IO2/c1-3-10(17)11(18)19-12(2,13(14,15)16)9-7-5-4-6-8-9/h9-10H,3-8H2,1-2H3. The summed E-state index contributed by atoms with van der Waals surface area (Å²) in [5.41, 5.74) is -2.34. The van der Waals surface area contributed by atoms with Gasteiger partial charge in [-0.1, -0.05) is 48.8 Å². The molecule has 19 heavy (non-hydrogen) atoms. The third-order valence-corrected chi connectivity index (χ3v) is 5.26. The van der Waals surface area contributed by atoms with Crippen LogP contribution >= 0.6 is 22.6 Å². The number of alkyl halides is 4. The van der Waals surface area contributed by atoms with Gasteiger partial charge in [-0.2, -0.15) is 13.2 Å². The average molecular weight is 392 g/mol. The minimum atomic E-state index is -4.52. The molecule has 0 aromatic rings. The van der Waals surface area contributed by atoms with E-state index in [0.29, 0.717) is 19.3 Å². The van der Waals surface area contributed by atoms with Gasteiger partial charge in [0.2, 0.25) is 5.60 Å². The van der Waals surface area contributed by atoms with Crippen molar-refractivity contribution in [2.75, 3.05) is 0 Å². The molecule has 2 nitrogen and oxygen atoms in total. The first kappa shape index (κ1) is 17.0. The smallest absolute Gasteiger partial charge is 0.428 e. The Morgan fingerprint density at radius 3 is 2.26 bits per heavy atom. The second-order valence-corrected chi connectivity index (χ2v) is 6.74. The average Bonchev–Trinajstić information content (AvgIpc) is 2.37. The summed E-state index contributed by atoms with van der Waals surface area (Å²) < 4.78 is 44.4. The van der Waals surface area contributed by atoms with Gasteiger partial charge in [0.1, 0.15) is 3.92 Å². The Morgan fingerprint density at radius 2 is 1.84 bits per heavy atom. The lowest BCUT2D eigenvalue weighted by molar-refractivity contribution is -0.283. The van der Waals surface area contributed by atoms with Gasteiger partial charge in [-0.05, 0) is 26.2 Å². The Balaban J connectivity index is 2.90. The van der Waals surface area contributed by atoms with Crippen LogP contribution in [0.4, 0.5) is 13.2 Å². The summed E-state index contributed by atoms with van der Waals surface area (Å²) in [7, 11) is 0. The first-order valence-electron chi connectivity index (χ1n) is 6.66. The van der Waals surface area contributed by atoms with Crippen LogP contribution < -0.4 is 0 Å². The van der Waals surface area contributed by atoms with E-state index in [4.69, 9.17) is 4.74 Å². The normalized spacial score (nSPS) is 22.6. The van der Waals surface area contributed by atoms with Crippen LogP contribution in [0.15, 0.2) is 0 Å². The van der Waals surface area contributed by atoms with E-state index in [1.807, 2.05) is 22.6 Å². The lowest BCUT2D eigenvalue weighted by Gasteiger charge is -2.40. The molecule has 1 aliphatic rings. The highest BCUT2D eigenvalue weighted by molar-refractivity contribution is 14.1. The maximum atomic E-state index is 13.3. The SMILES string of the molecule is CCC(I)C(=O)OC(C)(C1CCCCC1)C(F)(F)F. The van der Waals surface area contributed by atoms with Crippen molar-refractivity contribution in [3.63, 3.8) is 0 Å². The number of hydrogen-bond donors (Lipinski definition) is 0. The molecule has 2 unspecified atom stereocenters. The first-order chi connectivity index (χ1) is 8.72. The monoisotopic (exact) mass is 392 g/mol. The molecule has 0 bridgehead atoms. The van der Waals surface area contributed by atoms with E-state index < -0.39 is 27.6 Å². The van der Waals surface area contributed by atoms with Crippen LogP contribution in [0, 0.1) is 5.92 Å². The van der Waals surface area contributed by atoms with E-state index in [-0.39, 0.29) is 0 Å². The van der Waals surface area contributed by atoms with Gasteiger partial charge >= 0.3 is 12.1 Å². The van der Waals surface area contributed by atoms with Crippen molar-refractivity contribution in [1.82, 2.24) is 0 Å². The van der Waals surface area contributed by atoms with Crippen LogP contribution in [0.3, 0.4) is 0 Å². The van der Waals surface area contributed by atoms with Crippen molar-refractivity contribution < 1.29 is 22.7 Å². The molecule has 1 saturated carbocycles. The third kappa shape index (κ3) is 3.98. The van der Waals surface area contributed by atoms with Crippen molar-refractivity contribution in [3.8, 4) is 0 Å². The van der Waals surface area contributed by atoms with Gasteiger partial charge in [0.25, 0.3) is 0 Å². The predicted molar refractivity (Wildman–Crippen MR) is 75.2 cm³/mol. The number of esters is 1. The van der Waals surface area contributed by atoms with Crippen molar-refractivity contribution in [3.05, 3.63) is 0 Å². The fourth-order valence-corrected chi connectivity index (χ4v) is 2.59. The summed E-state index contributed by atoms with van der Waals surface area (Å²) in [6.07, 6.45) is -0.595. The molecule has 0 aliphatic heterocycles. The molecule has 0 aromatic heterocycles. The van der Waals surface area contributed by atoms with Crippen molar-refractivity contribution in [2.45, 2.75) is 68.1 Å². The summed E-state index contributed by atoms with van der Waals surface area (Å²) in [6, 6.07) is 0. The number of hydrogen-bond acceptors (Lipinski definition) is 2. The highest BCUT2D eigenvalue weighted by Gasteiger charge is 2.59. The molecule has 112 valence electrons. The molecule has 0 saturated heterocycles. The molecule has 0 amide bonds. The van der Waals surface area contributed by atoms with Gasteiger partial charge in [-0.3, -0.25) is 4.79 Å². The first-order valence-corrected chi connectivity index (χ1v) is 7.90. The zero-order chi connectivity index (χ0) is 14.7. The number of carbonyl (C=O) groups is 1. The molecule has 2 atom stereocenters. The predicted octanol–water partition coefficient (Wildman–Crippen LogP) is 4.64. The third-order valence-electron chi connectivity index (χ3n) is 3.87. The Bertz CT molecular complexity index is 314. The summed E-state index contributed by atoms with van der Waals surface area (Å²) in [6.45, 7) is 2.78. The minimum Gasteiger partial charge on any atom is -0.449 e. The van der Waals surface area contributed by atoms with Gasteiger partial charge in [0, 0.05) is 5.92 Å². The summed E-state index contributed by atoms with van der Waals surface area (Å²) in [5.74, 6) is -1.38. The van der Waals surface area contributed by atoms with Gasteiger partial charge in [-0.15, -0.1) is 0 Å². The van der Waals surface area contributed by atoms with Gasteiger partial charge in [-0.25, -0.2) is 0 Å². The number of ether oxygens (including phenoxy) is 1. The molecule has 1 rings (SSSR count). The van der Waals surface area contributed by atoms with Crippen LogP contribution in [-0.4, -0.2) is 21.7 Å². The summed E-state index contributed by atoms with van der Waals surface area (Å²) in [5, 5.41) is 0. The zero-order valence-corrected chi connectivity index (χ0v) is 13.4. The molecule has 6 heteroatoms. The van der Waals surface area contributed by atoms with Gasteiger partial charge in [0.15, 0.2) is 0 Å². The van der Waals surface area contributed by atoms with Crippen LogP contribution in [-0.2, 0) is 9.53 Å². The van der Waals surface area contributed by atoms with Crippen molar-refractivity contribution in [1.29, 1.82) is 0 Å². The lowest BCUT2D eigenvalue weighted by Crippen LogP contribution is -2.53. The molecule has 0 radical (unpaired) electrons. The fraction of sp³-hybridized carbons (Fsp3) is 0.923. The highest BCUT2D eigenvalue weighted by atomic mass is 127. The van der Waals surface area contributed by atoms with E-state index in [2.05, 4.69) is 0 Å². The summed E-state index contributed by atoms with van der Waals surface area (Å²) in [4.78, 5) is 11.7. The second kappa shape index (κ2) is 6.63. The largest absolute Gasteiger partial charge is 0.449 e. The lowest BCUT2D eigenvalue weighted by atomic mass is 9.77. The molecule has 1 aliphatic carbocycles. The Hall–Kier alpha value is -0.0100. The zero-order valence-electron chi connectivity index (χ0n) is 11.2. The number of carbonyl (C=O) groups excluding carboxylic acids is 1. The van der Waals surface area contributed by atoms with Crippen molar-refractivity contribution >= 4 is 28.6 Å². The maximum Gasteiger partial charge on any atom is 0.428 e. The molecule has 0 heterocycles. The highest BCUT2D eigenvalue weighted by Crippen LogP contribution is 2.45. The van der Waals surface area contributed by atoms with Crippen molar-refractivity contribution in [2.24, 2.45) is 5.92 Å². The van der Waals surface area contributed by atoms with E-state index in [1.54, 1.807) is 6.92 Å². The van der Waals surface area contributed by atoms with E-state index in [0.717, 1.165) is 26.2 Å². The van der Waals surface area contributed by atoms with Crippen LogP contribution in [0.2, 0.25) is 0 Å². The van der Waals surface area contributed by atoms with Crippen LogP contribution in [0.1, 0.15) is 52.4 Å². The Labute approximate surface area is 125 Å².